The maximum absolute atomic E-state index is 6.82. The van der Waals surface area contributed by atoms with Gasteiger partial charge in [0.2, 0.25) is 0 Å². The molecule has 0 N–H and O–H groups in total. The van der Waals surface area contributed by atoms with Gasteiger partial charge in [-0.05, 0) is 103 Å². The molecule has 0 unspecified atom stereocenters. The number of para-hydroxylation sites is 5. The van der Waals surface area contributed by atoms with Crippen LogP contribution in [-0.2, 0) is 10.8 Å². The summed E-state index contributed by atoms with van der Waals surface area (Å²) in [5.74, 6) is 3.51. The fraction of sp³-hybridized carbons (Fsp3) is 0.0278. The van der Waals surface area contributed by atoms with Gasteiger partial charge in [0.15, 0.2) is 0 Å². The average molecular weight is 956 g/mol. The lowest BCUT2D eigenvalue weighted by atomic mass is 9.65. The van der Waals surface area contributed by atoms with Gasteiger partial charge in [-0.25, -0.2) is 0 Å². The Morgan fingerprint density at radius 1 is 0.240 bits per heavy atom. The van der Waals surface area contributed by atoms with Crippen LogP contribution in [-0.4, -0.2) is 0 Å². The maximum Gasteiger partial charge on any atom is 0.132 e. The third kappa shape index (κ3) is 5.64. The van der Waals surface area contributed by atoms with E-state index in [1.165, 1.54) is 61.0 Å². The average Bonchev–Trinajstić information content (AvgIpc) is 3.95. The topological polar surface area (TPSA) is 21.7 Å². The van der Waals surface area contributed by atoms with Crippen LogP contribution in [0.4, 0.5) is 17.1 Å². The Bertz CT molecular complexity index is 4230. The Morgan fingerprint density at radius 3 is 1.32 bits per heavy atom. The SMILES string of the molecule is c1ccc(-c2ccc(-c3ccccc3N(c3cccc4c3-c3ccccc3C43c4ccccc4Oc4ccccc43)c3cccc4c5c(ccc34)-c3ccccc3C53c4ccccc4Oc4ccccc43)cc2)cc1. The van der Waals surface area contributed by atoms with Crippen LogP contribution in [0.25, 0.3) is 55.3 Å². The van der Waals surface area contributed by atoms with E-state index < -0.39 is 10.8 Å². The largest absolute Gasteiger partial charge is 0.457 e. The lowest BCUT2D eigenvalue weighted by molar-refractivity contribution is 0.436. The monoisotopic (exact) mass is 955 g/mol. The summed E-state index contributed by atoms with van der Waals surface area (Å²) >= 11 is 0. The van der Waals surface area contributed by atoms with E-state index in [9.17, 15) is 0 Å². The van der Waals surface area contributed by atoms with E-state index in [2.05, 4.69) is 278 Å². The molecule has 0 fully saturated rings. The van der Waals surface area contributed by atoms with E-state index in [0.29, 0.717) is 0 Å². The standard InChI is InChI=1S/C72H45NO2/c1-2-20-46(21-3-1)47-40-42-48(43-41-47)49-22-6-13-33-62(49)73(64-35-19-32-61-69(64)54-24-5-8-27-56(54)71(61)57-28-9-14-36-65(57)74-66-37-15-10-29-58(66)71)63-34-18-25-52-51(63)44-45-53-50-23-4-7-26-55(50)72(70(52)53)59-30-11-16-38-67(59)75-68-39-17-12-31-60(68)72/h1-45H. The van der Waals surface area contributed by atoms with E-state index >= 15 is 0 Å². The van der Waals surface area contributed by atoms with Crippen molar-refractivity contribution < 1.29 is 9.47 Å². The number of ether oxygens (including phenoxy) is 2. The molecule has 2 heterocycles. The van der Waals surface area contributed by atoms with Crippen molar-refractivity contribution in [1.82, 2.24) is 0 Å². The second kappa shape index (κ2) is 15.9. The van der Waals surface area contributed by atoms with Crippen molar-refractivity contribution in [2.24, 2.45) is 0 Å². The zero-order valence-corrected chi connectivity index (χ0v) is 40.7. The highest BCUT2D eigenvalue weighted by Gasteiger charge is 2.54. The van der Waals surface area contributed by atoms with Crippen LogP contribution in [0.5, 0.6) is 23.0 Å². The van der Waals surface area contributed by atoms with Crippen LogP contribution >= 0.6 is 0 Å². The molecule has 0 bridgehead atoms. The first-order valence-electron chi connectivity index (χ1n) is 25.9. The first-order valence-corrected chi connectivity index (χ1v) is 25.9. The molecular formula is C72H45NO2. The predicted octanol–water partition coefficient (Wildman–Crippen LogP) is 18.6. The van der Waals surface area contributed by atoms with Gasteiger partial charge in [-0.1, -0.05) is 231 Å². The highest BCUT2D eigenvalue weighted by atomic mass is 16.5. The Kier molecular flexibility index (Phi) is 8.88. The van der Waals surface area contributed by atoms with Crippen LogP contribution in [0.3, 0.4) is 0 Å². The Hall–Kier alpha value is -9.70. The smallest absolute Gasteiger partial charge is 0.132 e. The van der Waals surface area contributed by atoms with Crippen molar-refractivity contribution in [3.05, 3.63) is 317 Å². The molecule has 0 saturated carbocycles. The van der Waals surface area contributed by atoms with Crippen LogP contribution in [0.1, 0.15) is 44.5 Å². The molecule has 16 rings (SSSR count). The van der Waals surface area contributed by atoms with Gasteiger partial charge in [0, 0.05) is 38.8 Å². The molecule has 0 amide bonds. The molecule has 75 heavy (non-hydrogen) atoms. The van der Waals surface area contributed by atoms with E-state index in [0.717, 1.165) is 78.8 Å². The van der Waals surface area contributed by atoms with E-state index in [-0.39, 0.29) is 0 Å². The van der Waals surface area contributed by atoms with Crippen molar-refractivity contribution in [2.45, 2.75) is 10.8 Å². The molecule has 2 aliphatic carbocycles. The first kappa shape index (κ1) is 41.9. The number of fused-ring (bicyclic) bond motifs is 20. The zero-order chi connectivity index (χ0) is 49.2. The number of nitrogens with zero attached hydrogens (tertiary/aromatic N) is 1. The van der Waals surface area contributed by atoms with Crippen molar-refractivity contribution in [3.8, 4) is 67.5 Å². The highest BCUT2D eigenvalue weighted by Crippen LogP contribution is 2.66. The molecule has 0 aromatic heterocycles. The second-order valence-electron chi connectivity index (χ2n) is 20.1. The summed E-state index contributed by atoms with van der Waals surface area (Å²) < 4.78 is 13.6. The lowest BCUT2D eigenvalue weighted by Gasteiger charge is -2.40. The minimum absolute atomic E-state index is 0.645. The van der Waals surface area contributed by atoms with Gasteiger partial charge >= 0.3 is 0 Å². The molecular weight excluding hydrogens is 911 g/mol. The third-order valence-corrected chi connectivity index (χ3v) is 16.6. The van der Waals surface area contributed by atoms with Crippen molar-refractivity contribution >= 4 is 27.8 Å². The van der Waals surface area contributed by atoms with E-state index in [4.69, 9.17) is 9.47 Å². The maximum atomic E-state index is 6.82. The summed E-state index contributed by atoms with van der Waals surface area (Å²) in [6.07, 6.45) is 0. The zero-order valence-electron chi connectivity index (χ0n) is 40.7. The van der Waals surface area contributed by atoms with Crippen LogP contribution in [0.15, 0.2) is 273 Å². The molecule has 0 radical (unpaired) electrons. The second-order valence-corrected chi connectivity index (χ2v) is 20.1. The van der Waals surface area contributed by atoms with Crippen molar-refractivity contribution in [3.63, 3.8) is 0 Å². The third-order valence-electron chi connectivity index (χ3n) is 16.6. The Morgan fingerprint density at radius 2 is 0.680 bits per heavy atom. The minimum Gasteiger partial charge on any atom is -0.457 e. The Balaban J connectivity index is 1.01. The molecule has 3 heteroatoms. The van der Waals surface area contributed by atoms with E-state index in [1.807, 2.05) is 0 Å². The lowest BCUT2D eigenvalue weighted by Crippen LogP contribution is -2.32. The number of anilines is 3. The van der Waals surface area contributed by atoms with E-state index in [1.54, 1.807) is 0 Å². The van der Waals surface area contributed by atoms with Gasteiger partial charge in [0.1, 0.15) is 23.0 Å². The number of hydrogen-bond acceptors (Lipinski definition) is 3. The summed E-state index contributed by atoms with van der Waals surface area (Å²) in [6, 6.07) is 100. The number of rotatable bonds is 5. The van der Waals surface area contributed by atoms with Gasteiger partial charge in [0.05, 0.1) is 27.9 Å². The van der Waals surface area contributed by atoms with Gasteiger partial charge in [-0.3, -0.25) is 0 Å². The molecule has 2 aliphatic heterocycles. The van der Waals surface area contributed by atoms with Gasteiger partial charge in [-0.2, -0.15) is 0 Å². The normalized spacial score (nSPS) is 14.0. The van der Waals surface area contributed by atoms with Gasteiger partial charge < -0.3 is 14.4 Å². The molecule has 12 aromatic rings. The van der Waals surface area contributed by atoms with Gasteiger partial charge in [0.25, 0.3) is 0 Å². The number of hydrogen-bond donors (Lipinski definition) is 0. The summed E-state index contributed by atoms with van der Waals surface area (Å²) in [7, 11) is 0. The molecule has 350 valence electrons. The molecule has 0 atom stereocenters. The fourth-order valence-corrected chi connectivity index (χ4v) is 13.7. The first-order chi connectivity index (χ1) is 37.2. The number of benzene rings is 12. The minimum atomic E-state index is -0.651. The summed E-state index contributed by atoms with van der Waals surface area (Å²) in [4.78, 5) is 2.57. The highest BCUT2D eigenvalue weighted by molar-refractivity contribution is 6.10. The summed E-state index contributed by atoms with van der Waals surface area (Å²) in [6.45, 7) is 0. The van der Waals surface area contributed by atoms with Crippen LogP contribution in [0, 0.1) is 0 Å². The summed E-state index contributed by atoms with van der Waals surface area (Å²) in [5, 5.41) is 2.35. The van der Waals surface area contributed by atoms with Crippen LogP contribution in [0.2, 0.25) is 0 Å². The van der Waals surface area contributed by atoms with Crippen LogP contribution < -0.4 is 14.4 Å². The molecule has 2 spiro atoms. The Labute approximate surface area is 435 Å². The van der Waals surface area contributed by atoms with Gasteiger partial charge in [-0.15, -0.1) is 0 Å². The van der Waals surface area contributed by atoms with Crippen molar-refractivity contribution in [2.75, 3.05) is 4.90 Å². The van der Waals surface area contributed by atoms with Crippen molar-refractivity contribution in [1.29, 1.82) is 0 Å². The predicted molar refractivity (Wildman–Crippen MR) is 304 cm³/mol. The fourth-order valence-electron chi connectivity index (χ4n) is 13.7. The quantitative estimate of drug-likeness (QED) is 0.172. The molecule has 3 nitrogen and oxygen atoms in total. The summed E-state index contributed by atoms with van der Waals surface area (Å²) in [5.41, 5.74) is 21.1. The molecule has 4 aliphatic rings. The molecule has 0 saturated heterocycles. The molecule has 12 aromatic carbocycles.